The van der Waals surface area contributed by atoms with Crippen molar-refractivity contribution < 1.29 is 109 Å². The second-order valence-corrected chi connectivity index (χ2v) is 21.4. The van der Waals surface area contributed by atoms with Crippen LogP contribution in [0.4, 0.5) is 39.5 Å². The van der Waals surface area contributed by atoms with E-state index >= 15 is 0 Å². The second-order valence-electron chi connectivity index (χ2n) is 18.3. The van der Waals surface area contributed by atoms with Gasteiger partial charge in [0.25, 0.3) is 0 Å². The minimum Gasteiger partial charge on any atom is -0.525 e. The number of ether oxygens (including phenoxy) is 4. The summed E-state index contributed by atoms with van der Waals surface area (Å²) in [6, 6.07) is 6.14. The molecule has 2 aliphatic heterocycles. The number of rotatable bonds is 17. The van der Waals surface area contributed by atoms with Crippen molar-refractivity contribution in [1.82, 2.24) is 4.90 Å². The molecular weight excluding hydrogens is 1160 g/mol. The van der Waals surface area contributed by atoms with E-state index in [1.807, 2.05) is 6.07 Å². The van der Waals surface area contributed by atoms with Crippen molar-refractivity contribution in [2.24, 2.45) is 17.3 Å². The Morgan fingerprint density at radius 1 is 0.955 bits per heavy atom. The van der Waals surface area contributed by atoms with Crippen LogP contribution in [0.2, 0.25) is 0 Å². The zero-order valence-corrected chi connectivity index (χ0v) is 43.1. The van der Waals surface area contributed by atoms with Gasteiger partial charge in [0.1, 0.15) is 18.1 Å². The molecule has 1 saturated heterocycles. The zero-order valence-electron chi connectivity index (χ0n) is 37.3. The van der Waals surface area contributed by atoms with E-state index in [1.165, 1.54) is 16.0 Å². The van der Waals surface area contributed by atoms with Crippen LogP contribution in [0.5, 0.6) is 5.75 Å². The predicted molar refractivity (Wildman–Crippen MR) is 227 cm³/mol. The zero-order chi connectivity index (χ0) is 48.2. The number of allylic oxidation sites excluding steroid dienone is 1. The third kappa shape index (κ3) is 13.2. The summed E-state index contributed by atoms with van der Waals surface area (Å²) in [7, 11) is 3.54. The maximum atomic E-state index is 13.0. The van der Waals surface area contributed by atoms with Crippen LogP contribution >= 0.6 is 21.6 Å². The summed E-state index contributed by atoms with van der Waals surface area (Å²) in [6.07, 6.45) is -13.8. The quantitative estimate of drug-likeness (QED) is 0.0514. The third-order valence-electron chi connectivity index (χ3n) is 13.2. The summed E-state index contributed by atoms with van der Waals surface area (Å²) in [6.45, 7) is 12.3. The molecule has 2 saturated carbocycles. The molecule has 3 fully saturated rings. The number of ketones is 1. The van der Waals surface area contributed by atoms with E-state index in [1.54, 1.807) is 27.8 Å². The summed E-state index contributed by atoms with van der Waals surface area (Å²) >= 11 is 0. The molecule has 8 atom stereocenters. The van der Waals surface area contributed by atoms with Gasteiger partial charge in [0.05, 0.1) is 31.8 Å². The molecule has 21 heteroatoms. The maximum Gasteiger partial charge on any atom is 2.00 e. The number of benzene rings is 1. The average Bonchev–Trinajstić information content (AvgIpc) is 3.74. The van der Waals surface area contributed by atoms with Crippen LogP contribution in [0.25, 0.3) is 0 Å². The number of nitrogens with zero attached hydrogens (tertiary/aromatic N) is 1. The Morgan fingerprint density at radius 3 is 2.24 bits per heavy atom. The van der Waals surface area contributed by atoms with Crippen LogP contribution in [0.3, 0.4) is 0 Å². The molecule has 3 aliphatic carbocycles. The van der Waals surface area contributed by atoms with Gasteiger partial charge in [-0.25, -0.2) is 0 Å². The molecule has 1 amide bonds. The number of hydrogen-bond donors (Lipinski definition) is 2. The van der Waals surface area contributed by atoms with Gasteiger partial charge < -0.3 is 43.0 Å². The van der Waals surface area contributed by atoms with Crippen LogP contribution in [-0.4, -0.2) is 112 Å². The van der Waals surface area contributed by atoms with Crippen LogP contribution in [0.1, 0.15) is 108 Å². The van der Waals surface area contributed by atoms with Crippen LogP contribution < -0.4 is 4.74 Å². The minimum absolute atomic E-state index is 0. The van der Waals surface area contributed by atoms with E-state index in [2.05, 4.69) is 51.5 Å². The minimum atomic E-state index is -6.73. The topological polar surface area (TPSA) is 115 Å². The van der Waals surface area contributed by atoms with Gasteiger partial charge in [0.15, 0.2) is 5.78 Å². The normalized spacial score (nSPS) is 28.2. The number of amides is 1. The van der Waals surface area contributed by atoms with E-state index in [-0.39, 0.29) is 85.1 Å². The first-order chi connectivity index (χ1) is 30.3. The number of Topliss-reactive ketones (excluding diaryl/α,β-unsaturated/α-hetero) is 1. The fourth-order valence-corrected chi connectivity index (χ4v) is 12.3. The fourth-order valence-electron chi connectivity index (χ4n) is 10.1. The van der Waals surface area contributed by atoms with Gasteiger partial charge in [0, 0.05) is 30.6 Å². The average molecular weight is 1220 g/mol. The number of aryl methyl sites for hydroxylation is 1. The molecule has 0 spiro atoms. The van der Waals surface area contributed by atoms with E-state index in [4.69, 9.17) is 14.2 Å². The number of unbranched alkanes of at least 4 members (excludes halogenated alkanes) is 1. The van der Waals surface area contributed by atoms with Gasteiger partial charge in [-0.05, 0) is 117 Å². The van der Waals surface area contributed by atoms with Gasteiger partial charge >= 0.3 is 55.2 Å². The second kappa shape index (κ2) is 23.4. The Labute approximate surface area is 412 Å². The van der Waals surface area contributed by atoms with Crippen LogP contribution in [0, 0.1) is 62.2 Å². The predicted octanol–water partition coefficient (Wildman–Crippen LogP) is 10.3. The molecular formula is C45H60F9NO8S2U. The number of aliphatic hydroxyl groups excluding tert-OH is 2. The summed E-state index contributed by atoms with van der Waals surface area (Å²) in [5.41, 5.74) is -3.26. The van der Waals surface area contributed by atoms with E-state index < -0.39 is 55.6 Å². The molecule has 1 aromatic rings. The first kappa shape index (κ1) is 57.4. The van der Waals surface area contributed by atoms with Crippen molar-refractivity contribution in [2.75, 3.05) is 32.2 Å². The Bertz CT molecular complexity index is 1780. The molecule has 8 unspecified atom stereocenters. The molecule has 372 valence electrons. The number of halogens is 9. The third-order valence-corrected chi connectivity index (χ3v) is 16.4. The van der Waals surface area contributed by atoms with Crippen molar-refractivity contribution in [1.29, 1.82) is 0 Å². The van der Waals surface area contributed by atoms with Crippen molar-refractivity contribution in [3.05, 3.63) is 54.9 Å². The molecule has 5 aliphatic rings. The Hall–Kier alpha value is -1.18. The summed E-state index contributed by atoms with van der Waals surface area (Å²) in [5.74, 6) is 2.45. The van der Waals surface area contributed by atoms with Crippen molar-refractivity contribution >= 4 is 33.3 Å². The SMILES string of the molecule is [CH2-]C(C)(C)SSCCCCC1=CN(C2CC(O)C(CO)O2)C(=O)CC1=O.[CH2-]COc1ccc2c(c1)CCC1C2CCC2(C)C(OCCCOC(C(F)(F)F)(C(F)(F)F)C(F)(F)F)CCC12.[U+2]. The van der Waals surface area contributed by atoms with Crippen molar-refractivity contribution in [2.45, 2.75) is 157 Å². The van der Waals surface area contributed by atoms with Crippen LogP contribution in [0.15, 0.2) is 30.0 Å². The molecule has 0 aromatic heterocycles. The molecule has 0 radical (unpaired) electrons. The fraction of sp³-hybridized carbons (Fsp3) is 0.733. The first-order valence-electron chi connectivity index (χ1n) is 21.9. The Kier molecular flexibility index (Phi) is 20.3. The largest absolute Gasteiger partial charge is 2.00 e. The number of alkyl halides is 9. The first-order valence-corrected chi connectivity index (χ1v) is 24.3. The molecule has 66 heavy (non-hydrogen) atoms. The molecule has 2 N–H and O–H groups in total. The van der Waals surface area contributed by atoms with Gasteiger partial charge in [-0.2, -0.15) is 39.5 Å². The number of carbonyl (C=O) groups excluding carboxylic acids is 2. The molecule has 2 heterocycles. The summed E-state index contributed by atoms with van der Waals surface area (Å²) < 4.78 is 138. The van der Waals surface area contributed by atoms with Crippen molar-refractivity contribution in [3.63, 3.8) is 0 Å². The number of aliphatic hydroxyl groups is 2. The van der Waals surface area contributed by atoms with Crippen molar-refractivity contribution in [3.8, 4) is 5.75 Å². The van der Waals surface area contributed by atoms with Gasteiger partial charge in [0.2, 0.25) is 5.91 Å². The Balaban J connectivity index is 0.000000308. The van der Waals surface area contributed by atoms with E-state index in [9.17, 15) is 59.3 Å². The Morgan fingerprint density at radius 2 is 1.64 bits per heavy atom. The number of fused-ring (bicyclic) bond motifs is 5. The standard InChI is InChI=1S/C27H32F9O3.C18H28NO5S2.U/c1-3-37-17-6-8-18-16(15-17)5-7-20-19(18)11-12-23(2)21(20)9-10-22(23)38-13-4-14-39-24(25(28,29)30,26(31,32)33)27(34,35)36;1-18(2,3)26-25-7-5-4-6-12-10-19(16(23)8-13(12)21)17-9-14(22)15(11-20)24-17;/h6,8,15,19-22H,1,3-5,7,9-14H2,2H3;10,14-15,17,20,22H,1,4-9,11H2,2-3H3;/q2*-1;+2. The van der Waals surface area contributed by atoms with E-state index in [0.29, 0.717) is 42.8 Å². The van der Waals surface area contributed by atoms with Crippen LogP contribution in [-0.2, 0) is 30.2 Å². The van der Waals surface area contributed by atoms with E-state index in [0.717, 1.165) is 56.4 Å². The maximum absolute atomic E-state index is 13.0. The summed E-state index contributed by atoms with van der Waals surface area (Å²) in [5, 5.41) is 19.0. The molecule has 6 rings (SSSR count). The molecule has 1 aromatic carbocycles. The molecule has 0 bridgehead atoms. The van der Waals surface area contributed by atoms with Gasteiger partial charge in [-0.15, -0.1) is 15.5 Å². The molecule has 9 nitrogen and oxygen atoms in total. The smallest absolute Gasteiger partial charge is 0.525 e. The monoisotopic (exact) mass is 1220 g/mol. The van der Waals surface area contributed by atoms with Gasteiger partial charge in [-0.1, -0.05) is 37.6 Å². The number of hydrogen-bond acceptors (Lipinski definition) is 10. The summed E-state index contributed by atoms with van der Waals surface area (Å²) in [4.78, 5) is 25.7. The van der Waals surface area contributed by atoms with Gasteiger partial charge in [-0.3, -0.25) is 14.5 Å². The number of carbonyl (C=O) groups is 2.